The standard InChI is InChI=1S/C18H16N2O3S/c1-23-14-9-7-13(8-10-14)19-16(21)15-11-24-17(20(15)18(19)22)12-5-3-2-4-6-12/h2-10,15,17H,11H2,1H3/t15-,17-/m0/s1. The number of carbonyl (C=O) groups is 2. The van der Waals surface area contributed by atoms with Crippen LogP contribution in [0.15, 0.2) is 54.6 Å². The van der Waals surface area contributed by atoms with Crippen LogP contribution >= 0.6 is 11.8 Å². The molecule has 3 amide bonds. The molecule has 6 heteroatoms. The van der Waals surface area contributed by atoms with Crippen molar-refractivity contribution in [1.82, 2.24) is 4.90 Å². The van der Waals surface area contributed by atoms with Gasteiger partial charge < -0.3 is 4.74 Å². The normalized spacial score (nSPS) is 22.9. The van der Waals surface area contributed by atoms with Gasteiger partial charge in [0, 0.05) is 5.75 Å². The quantitative estimate of drug-likeness (QED) is 0.805. The molecular formula is C18H16N2O3S. The monoisotopic (exact) mass is 340 g/mol. The van der Waals surface area contributed by atoms with E-state index in [0.717, 1.165) is 5.56 Å². The van der Waals surface area contributed by atoms with Crippen molar-refractivity contribution in [2.45, 2.75) is 11.4 Å². The fourth-order valence-electron chi connectivity index (χ4n) is 3.13. The van der Waals surface area contributed by atoms with Crippen LogP contribution in [0.5, 0.6) is 5.75 Å². The van der Waals surface area contributed by atoms with Crippen molar-refractivity contribution in [3.05, 3.63) is 60.2 Å². The zero-order chi connectivity index (χ0) is 16.7. The Morgan fingerprint density at radius 3 is 2.42 bits per heavy atom. The molecule has 4 rings (SSSR count). The van der Waals surface area contributed by atoms with Crippen molar-refractivity contribution in [2.24, 2.45) is 0 Å². The number of hydrogen-bond donors (Lipinski definition) is 0. The Morgan fingerprint density at radius 2 is 1.75 bits per heavy atom. The van der Waals surface area contributed by atoms with E-state index < -0.39 is 6.04 Å². The fourth-order valence-corrected chi connectivity index (χ4v) is 4.55. The number of imide groups is 1. The zero-order valence-corrected chi connectivity index (χ0v) is 13.9. The first kappa shape index (κ1) is 15.1. The number of benzene rings is 2. The lowest BCUT2D eigenvalue weighted by molar-refractivity contribution is -0.119. The van der Waals surface area contributed by atoms with E-state index in [9.17, 15) is 9.59 Å². The molecule has 0 radical (unpaired) electrons. The Morgan fingerprint density at radius 1 is 1.04 bits per heavy atom. The maximum Gasteiger partial charge on any atom is 0.333 e. The maximum absolute atomic E-state index is 12.9. The molecule has 0 bridgehead atoms. The molecule has 0 saturated carbocycles. The van der Waals surface area contributed by atoms with E-state index in [1.54, 1.807) is 48.0 Å². The number of fused-ring (bicyclic) bond motifs is 1. The van der Waals surface area contributed by atoms with Gasteiger partial charge >= 0.3 is 6.03 Å². The number of nitrogens with zero attached hydrogens (tertiary/aromatic N) is 2. The average molecular weight is 340 g/mol. The lowest BCUT2D eigenvalue weighted by Gasteiger charge is -2.23. The molecule has 2 aromatic rings. The van der Waals surface area contributed by atoms with Crippen LogP contribution in [0.4, 0.5) is 10.5 Å². The van der Waals surface area contributed by atoms with Crippen LogP contribution in [0.2, 0.25) is 0 Å². The molecule has 2 atom stereocenters. The van der Waals surface area contributed by atoms with Crippen LogP contribution in [0, 0.1) is 0 Å². The maximum atomic E-state index is 12.9. The van der Waals surface area contributed by atoms with Crippen LogP contribution in [0.1, 0.15) is 10.9 Å². The lowest BCUT2D eigenvalue weighted by Crippen LogP contribution is -2.33. The largest absolute Gasteiger partial charge is 0.497 e. The summed E-state index contributed by atoms with van der Waals surface area (Å²) >= 11 is 1.64. The molecule has 0 unspecified atom stereocenters. The first-order chi connectivity index (χ1) is 11.7. The number of amides is 3. The summed E-state index contributed by atoms with van der Waals surface area (Å²) in [5.41, 5.74) is 1.62. The third-order valence-electron chi connectivity index (χ3n) is 4.33. The van der Waals surface area contributed by atoms with Gasteiger partial charge in [-0.15, -0.1) is 11.8 Å². The summed E-state index contributed by atoms with van der Waals surface area (Å²) in [5, 5.41) is -0.115. The van der Waals surface area contributed by atoms with Crippen LogP contribution in [-0.4, -0.2) is 35.7 Å². The predicted octanol–water partition coefficient (Wildman–Crippen LogP) is 3.28. The molecule has 0 aromatic heterocycles. The predicted molar refractivity (Wildman–Crippen MR) is 93.1 cm³/mol. The van der Waals surface area contributed by atoms with E-state index >= 15 is 0 Å². The Bertz CT molecular complexity index is 779. The molecule has 0 N–H and O–H groups in total. The second kappa shape index (κ2) is 5.87. The third kappa shape index (κ3) is 2.26. The van der Waals surface area contributed by atoms with Crippen molar-refractivity contribution in [1.29, 1.82) is 0 Å². The molecule has 5 nitrogen and oxygen atoms in total. The number of urea groups is 1. The van der Waals surface area contributed by atoms with E-state index in [4.69, 9.17) is 4.74 Å². The fraction of sp³-hybridized carbons (Fsp3) is 0.222. The van der Waals surface area contributed by atoms with Gasteiger partial charge in [0.2, 0.25) is 0 Å². The molecule has 0 spiro atoms. The molecule has 0 aliphatic carbocycles. The Labute approximate surface area is 144 Å². The summed E-state index contributed by atoms with van der Waals surface area (Å²) in [7, 11) is 1.58. The first-order valence-electron chi connectivity index (χ1n) is 7.67. The molecule has 2 heterocycles. The van der Waals surface area contributed by atoms with E-state index in [2.05, 4.69) is 0 Å². The van der Waals surface area contributed by atoms with Gasteiger partial charge in [0.15, 0.2) is 0 Å². The number of thioether (sulfide) groups is 1. The minimum atomic E-state index is -0.394. The van der Waals surface area contributed by atoms with Crippen LogP contribution < -0.4 is 9.64 Å². The number of anilines is 1. The average Bonchev–Trinajstić information content (AvgIpc) is 3.17. The van der Waals surface area contributed by atoms with Crippen molar-refractivity contribution in [3.8, 4) is 5.75 Å². The number of methoxy groups -OCH3 is 1. The lowest BCUT2D eigenvalue weighted by atomic mass is 10.2. The Hall–Kier alpha value is -2.47. The summed E-state index contributed by atoms with van der Waals surface area (Å²) < 4.78 is 5.13. The zero-order valence-electron chi connectivity index (χ0n) is 13.1. The van der Waals surface area contributed by atoms with Crippen molar-refractivity contribution in [2.75, 3.05) is 17.8 Å². The van der Waals surface area contributed by atoms with Gasteiger partial charge in [0.1, 0.15) is 17.2 Å². The highest BCUT2D eigenvalue weighted by atomic mass is 32.2. The van der Waals surface area contributed by atoms with Gasteiger partial charge in [-0.25, -0.2) is 9.69 Å². The Balaban J connectivity index is 1.66. The van der Waals surface area contributed by atoms with Crippen molar-refractivity contribution < 1.29 is 14.3 Å². The summed E-state index contributed by atoms with van der Waals surface area (Å²) in [4.78, 5) is 28.6. The highest BCUT2D eigenvalue weighted by Crippen LogP contribution is 2.45. The molecule has 2 fully saturated rings. The highest BCUT2D eigenvalue weighted by Gasteiger charge is 2.53. The van der Waals surface area contributed by atoms with E-state index in [-0.39, 0.29) is 17.3 Å². The van der Waals surface area contributed by atoms with Gasteiger partial charge in [-0.3, -0.25) is 9.69 Å². The van der Waals surface area contributed by atoms with Gasteiger partial charge in [-0.05, 0) is 29.8 Å². The third-order valence-corrected chi connectivity index (χ3v) is 5.66. The van der Waals surface area contributed by atoms with Crippen molar-refractivity contribution >= 4 is 29.4 Å². The van der Waals surface area contributed by atoms with E-state index in [0.29, 0.717) is 17.2 Å². The van der Waals surface area contributed by atoms with Crippen molar-refractivity contribution in [3.63, 3.8) is 0 Å². The minimum absolute atomic E-state index is 0.115. The summed E-state index contributed by atoms with van der Waals surface area (Å²) in [6, 6.07) is 16.2. The molecule has 24 heavy (non-hydrogen) atoms. The second-order valence-corrected chi connectivity index (χ2v) is 6.79. The number of ether oxygens (including phenoxy) is 1. The number of carbonyl (C=O) groups excluding carboxylic acids is 2. The van der Waals surface area contributed by atoms with Crippen LogP contribution in [-0.2, 0) is 4.79 Å². The summed E-state index contributed by atoms with van der Waals surface area (Å²) in [5.74, 6) is 1.16. The van der Waals surface area contributed by atoms with Crippen LogP contribution in [0.25, 0.3) is 0 Å². The SMILES string of the molecule is COc1ccc(N2C(=O)[C@@H]3CS[C@@H](c4ccccc4)N3C2=O)cc1. The van der Waals surface area contributed by atoms with Gasteiger partial charge in [-0.2, -0.15) is 0 Å². The highest BCUT2D eigenvalue weighted by molar-refractivity contribution is 7.99. The van der Waals surface area contributed by atoms with Gasteiger partial charge in [-0.1, -0.05) is 30.3 Å². The van der Waals surface area contributed by atoms with Gasteiger partial charge in [0.05, 0.1) is 12.8 Å². The molecule has 2 aromatic carbocycles. The molecule has 122 valence electrons. The number of rotatable bonds is 3. The smallest absolute Gasteiger partial charge is 0.333 e. The summed E-state index contributed by atoms with van der Waals surface area (Å²) in [6.45, 7) is 0. The molecule has 2 aliphatic heterocycles. The minimum Gasteiger partial charge on any atom is -0.497 e. The van der Waals surface area contributed by atoms with Crippen LogP contribution in [0.3, 0.4) is 0 Å². The van der Waals surface area contributed by atoms with E-state index in [1.165, 1.54) is 4.90 Å². The molecule has 2 aliphatic rings. The second-order valence-electron chi connectivity index (χ2n) is 5.67. The van der Waals surface area contributed by atoms with Gasteiger partial charge in [0.25, 0.3) is 5.91 Å². The number of hydrogen-bond acceptors (Lipinski definition) is 4. The molecular weight excluding hydrogens is 324 g/mol. The molecule has 2 saturated heterocycles. The Kier molecular flexibility index (Phi) is 3.69. The topological polar surface area (TPSA) is 49.9 Å². The van der Waals surface area contributed by atoms with E-state index in [1.807, 2.05) is 30.3 Å². The summed E-state index contributed by atoms with van der Waals surface area (Å²) in [6.07, 6.45) is 0. The first-order valence-corrected chi connectivity index (χ1v) is 8.72.